The first-order valence-corrected chi connectivity index (χ1v) is 9.77. The number of nitrogens with zero attached hydrogens (tertiary/aromatic N) is 3. The van der Waals surface area contributed by atoms with Crippen molar-refractivity contribution in [1.29, 1.82) is 0 Å². The number of rotatable bonds is 7. The first-order valence-electron chi connectivity index (χ1n) is 8.51. The van der Waals surface area contributed by atoms with Crippen molar-refractivity contribution < 1.29 is 9.18 Å². The van der Waals surface area contributed by atoms with E-state index in [0.717, 1.165) is 11.6 Å². The van der Waals surface area contributed by atoms with Gasteiger partial charge in [0.2, 0.25) is 5.91 Å². The molecular weight excluding hydrogens is 399 g/mol. The lowest BCUT2D eigenvalue weighted by Gasteiger charge is -2.13. The van der Waals surface area contributed by atoms with Crippen molar-refractivity contribution in [2.45, 2.75) is 23.9 Å². The minimum atomic E-state index is -0.584. The first kappa shape index (κ1) is 20.1. The second kappa shape index (κ2) is 9.03. The maximum Gasteiger partial charge on any atom is 0.237 e. The Kier molecular flexibility index (Phi) is 6.49. The standard InChI is InChI=1S/C20H18ClFN4OS/c1-3-11-26-18(14-7-5-4-6-8-14)24-25-20(26)28-13(2)19(27)23-17-10-9-15(21)12-16(17)22/h3-10,12-13H,1,11H2,2H3,(H,23,27)/t13-/m0/s1. The number of halogens is 2. The molecule has 1 atom stereocenters. The van der Waals surface area contributed by atoms with Crippen molar-refractivity contribution in [1.82, 2.24) is 14.8 Å². The minimum Gasteiger partial charge on any atom is -0.323 e. The molecule has 28 heavy (non-hydrogen) atoms. The SMILES string of the molecule is C=CCn1c(S[C@@H](C)C(=O)Nc2ccc(Cl)cc2F)nnc1-c1ccccc1. The molecule has 2 aromatic carbocycles. The zero-order valence-corrected chi connectivity index (χ0v) is 16.7. The second-order valence-corrected chi connectivity index (χ2v) is 7.69. The lowest BCUT2D eigenvalue weighted by molar-refractivity contribution is -0.115. The summed E-state index contributed by atoms with van der Waals surface area (Å²) in [5.41, 5.74) is 1.00. The van der Waals surface area contributed by atoms with E-state index in [4.69, 9.17) is 11.6 Å². The summed E-state index contributed by atoms with van der Waals surface area (Å²) in [5, 5.41) is 11.4. The Labute approximate surface area is 171 Å². The summed E-state index contributed by atoms with van der Waals surface area (Å²) in [6.07, 6.45) is 1.74. The molecule has 3 rings (SSSR count). The molecule has 0 saturated carbocycles. The average Bonchev–Trinajstić information content (AvgIpc) is 3.07. The first-order chi connectivity index (χ1) is 13.5. The summed E-state index contributed by atoms with van der Waals surface area (Å²) >= 11 is 6.98. The molecule has 1 N–H and O–H groups in total. The van der Waals surface area contributed by atoms with Crippen molar-refractivity contribution in [3.05, 3.63) is 72.0 Å². The number of carbonyl (C=O) groups is 1. The van der Waals surface area contributed by atoms with E-state index < -0.39 is 11.1 Å². The van der Waals surface area contributed by atoms with Gasteiger partial charge >= 0.3 is 0 Å². The molecule has 0 saturated heterocycles. The van der Waals surface area contributed by atoms with Crippen molar-refractivity contribution >= 4 is 35.0 Å². The van der Waals surface area contributed by atoms with Gasteiger partial charge in [-0.1, -0.05) is 59.8 Å². The number of hydrogen-bond donors (Lipinski definition) is 1. The molecule has 144 valence electrons. The number of anilines is 1. The average molecular weight is 417 g/mol. The van der Waals surface area contributed by atoms with E-state index in [9.17, 15) is 9.18 Å². The van der Waals surface area contributed by atoms with E-state index in [1.807, 2.05) is 34.9 Å². The number of carbonyl (C=O) groups excluding carboxylic acids is 1. The summed E-state index contributed by atoms with van der Waals surface area (Å²) in [7, 11) is 0. The number of amides is 1. The van der Waals surface area contributed by atoms with E-state index in [-0.39, 0.29) is 16.6 Å². The Balaban J connectivity index is 1.78. The van der Waals surface area contributed by atoms with Gasteiger partial charge in [-0.15, -0.1) is 16.8 Å². The molecule has 0 aliphatic carbocycles. The van der Waals surface area contributed by atoms with E-state index in [2.05, 4.69) is 22.1 Å². The smallest absolute Gasteiger partial charge is 0.237 e. The molecule has 0 bridgehead atoms. The van der Waals surface area contributed by atoms with Crippen LogP contribution in [0.2, 0.25) is 5.02 Å². The van der Waals surface area contributed by atoms with Crippen molar-refractivity contribution in [2.75, 3.05) is 5.32 Å². The monoisotopic (exact) mass is 416 g/mol. The largest absolute Gasteiger partial charge is 0.323 e. The lowest BCUT2D eigenvalue weighted by atomic mass is 10.2. The highest BCUT2D eigenvalue weighted by atomic mass is 35.5. The zero-order valence-electron chi connectivity index (χ0n) is 15.1. The molecule has 0 spiro atoms. The predicted octanol–water partition coefficient (Wildman–Crippen LogP) is 5.04. The fourth-order valence-corrected chi connectivity index (χ4v) is 3.52. The van der Waals surface area contributed by atoms with Gasteiger partial charge in [0.15, 0.2) is 11.0 Å². The normalized spacial score (nSPS) is 11.8. The van der Waals surface area contributed by atoms with Crippen LogP contribution in [0, 0.1) is 5.82 Å². The molecule has 0 aliphatic heterocycles. The highest BCUT2D eigenvalue weighted by Gasteiger charge is 2.21. The van der Waals surface area contributed by atoms with Gasteiger partial charge in [-0.2, -0.15) is 0 Å². The third-order valence-electron chi connectivity index (χ3n) is 3.90. The number of hydrogen-bond acceptors (Lipinski definition) is 4. The molecule has 8 heteroatoms. The Hall–Kier alpha value is -2.64. The van der Waals surface area contributed by atoms with Crippen LogP contribution >= 0.6 is 23.4 Å². The molecule has 1 heterocycles. The minimum absolute atomic E-state index is 0.0828. The van der Waals surface area contributed by atoms with Crippen LogP contribution in [0.15, 0.2) is 66.3 Å². The third kappa shape index (κ3) is 4.61. The van der Waals surface area contributed by atoms with E-state index in [1.165, 1.54) is 23.9 Å². The highest BCUT2D eigenvalue weighted by molar-refractivity contribution is 8.00. The Morgan fingerprint density at radius 3 is 2.75 bits per heavy atom. The van der Waals surface area contributed by atoms with E-state index in [0.29, 0.717) is 17.5 Å². The van der Waals surface area contributed by atoms with Gasteiger partial charge in [-0.3, -0.25) is 9.36 Å². The van der Waals surface area contributed by atoms with Crippen molar-refractivity contribution in [3.8, 4) is 11.4 Å². The van der Waals surface area contributed by atoms with E-state index >= 15 is 0 Å². The summed E-state index contributed by atoms with van der Waals surface area (Å²) in [6, 6.07) is 13.8. The molecule has 1 aromatic heterocycles. The molecule has 3 aromatic rings. The van der Waals surface area contributed by atoms with Gasteiger partial charge in [0.05, 0.1) is 10.9 Å². The third-order valence-corrected chi connectivity index (χ3v) is 5.22. The van der Waals surface area contributed by atoms with Crippen LogP contribution in [-0.2, 0) is 11.3 Å². The maximum absolute atomic E-state index is 13.9. The van der Waals surface area contributed by atoms with Crippen LogP contribution in [0.3, 0.4) is 0 Å². The number of aromatic nitrogens is 3. The van der Waals surface area contributed by atoms with Crippen LogP contribution in [0.4, 0.5) is 10.1 Å². The molecule has 1 amide bonds. The molecule has 0 unspecified atom stereocenters. The predicted molar refractivity (Wildman–Crippen MR) is 111 cm³/mol. The van der Waals surface area contributed by atoms with Gasteiger partial charge in [0.25, 0.3) is 0 Å². The van der Waals surface area contributed by atoms with Gasteiger partial charge in [-0.25, -0.2) is 4.39 Å². The summed E-state index contributed by atoms with van der Waals surface area (Å²) in [6.45, 7) is 6.01. The summed E-state index contributed by atoms with van der Waals surface area (Å²) < 4.78 is 15.8. The number of benzene rings is 2. The van der Waals surface area contributed by atoms with Crippen LogP contribution in [0.25, 0.3) is 11.4 Å². The fraction of sp³-hybridized carbons (Fsp3) is 0.150. The Morgan fingerprint density at radius 1 is 1.32 bits per heavy atom. The van der Waals surface area contributed by atoms with Crippen LogP contribution in [-0.4, -0.2) is 25.9 Å². The van der Waals surface area contributed by atoms with Gasteiger partial charge in [0, 0.05) is 17.1 Å². The highest BCUT2D eigenvalue weighted by Crippen LogP contribution is 2.28. The van der Waals surface area contributed by atoms with Crippen LogP contribution in [0.5, 0.6) is 0 Å². The zero-order chi connectivity index (χ0) is 20.1. The lowest BCUT2D eigenvalue weighted by Crippen LogP contribution is -2.23. The molecule has 0 fully saturated rings. The number of allylic oxidation sites excluding steroid dienone is 1. The van der Waals surface area contributed by atoms with Crippen molar-refractivity contribution in [3.63, 3.8) is 0 Å². The maximum atomic E-state index is 13.9. The Morgan fingerprint density at radius 2 is 2.07 bits per heavy atom. The molecule has 5 nitrogen and oxygen atoms in total. The fourth-order valence-electron chi connectivity index (χ4n) is 2.51. The Bertz CT molecular complexity index is 993. The number of nitrogens with one attached hydrogen (secondary N) is 1. The van der Waals surface area contributed by atoms with Crippen LogP contribution in [0.1, 0.15) is 6.92 Å². The summed E-state index contributed by atoms with van der Waals surface area (Å²) in [4.78, 5) is 12.5. The van der Waals surface area contributed by atoms with E-state index in [1.54, 1.807) is 13.0 Å². The van der Waals surface area contributed by atoms with Crippen molar-refractivity contribution in [2.24, 2.45) is 0 Å². The van der Waals surface area contributed by atoms with Gasteiger partial charge < -0.3 is 5.32 Å². The molecule has 0 radical (unpaired) electrons. The molecular formula is C20H18ClFN4OS. The van der Waals surface area contributed by atoms with Crippen LogP contribution < -0.4 is 5.32 Å². The second-order valence-electron chi connectivity index (χ2n) is 5.94. The topological polar surface area (TPSA) is 59.8 Å². The number of thioether (sulfide) groups is 1. The van der Waals surface area contributed by atoms with Gasteiger partial charge in [-0.05, 0) is 25.1 Å². The van der Waals surface area contributed by atoms with Gasteiger partial charge in [0.1, 0.15) is 5.82 Å². The quantitative estimate of drug-likeness (QED) is 0.433. The molecule has 0 aliphatic rings. The summed E-state index contributed by atoms with van der Waals surface area (Å²) in [5.74, 6) is -0.237.